The van der Waals surface area contributed by atoms with Gasteiger partial charge < -0.3 is 13.7 Å². The Labute approximate surface area is 141 Å². The van der Waals surface area contributed by atoms with Gasteiger partial charge in [-0.3, -0.25) is 0 Å². The molecule has 0 unspecified atom stereocenters. The second-order valence-corrected chi connectivity index (χ2v) is 7.35. The van der Waals surface area contributed by atoms with Crippen LogP contribution in [0.25, 0.3) is 0 Å². The maximum absolute atomic E-state index is 5.78. The van der Waals surface area contributed by atoms with Crippen LogP contribution in [0.5, 0.6) is 0 Å². The molecule has 1 atom stereocenters. The third kappa shape index (κ3) is 3.80. The Bertz CT molecular complexity index is 657. The Morgan fingerprint density at radius 1 is 1.39 bits per heavy atom. The molecular weight excluding hydrogens is 310 g/mol. The minimum atomic E-state index is 0.316. The summed E-state index contributed by atoms with van der Waals surface area (Å²) >= 11 is 1.68. The van der Waals surface area contributed by atoms with E-state index in [0.717, 1.165) is 48.5 Å². The van der Waals surface area contributed by atoms with Crippen molar-refractivity contribution in [2.24, 2.45) is 0 Å². The predicted octanol–water partition coefficient (Wildman–Crippen LogP) is 4.08. The quantitative estimate of drug-likeness (QED) is 0.745. The average Bonchev–Trinajstić information content (AvgIpc) is 3.23. The Morgan fingerprint density at radius 3 is 2.87 bits per heavy atom. The van der Waals surface area contributed by atoms with Crippen LogP contribution in [0.4, 0.5) is 0 Å². The van der Waals surface area contributed by atoms with Crippen LogP contribution in [0, 0.1) is 13.8 Å². The van der Waals surface area contributed by atoms with Crippen molar-refractivity contribution in [3.05, 3.63) is 29.2 Å². The fourth-order valence-corrected chi connectivity index (χ4v) is 3.68. The summed E-state index contributed by atoms with van der Waals surface area (Å²) in [4.78, 5) is 9.08. The Hall–Kier alpha value is -1.27. The zero-order chi connectivity index (χ0) is 16.4. The van der Waals surface area contributed by atoms with Gasteiger partial charge in [-0.05, 0) is 26.7 Å². The summed E-state index contributed by atoms with van der Waals surface area (Å²) in [6, 6.07) is 0. The number of aryl methyl sites for hydroxylation is 1. The lowest BCUT2D eigenvalue weighted by Gasteiger charge is -2.14. The van der Waals surface area contributed by atoms with E-state index in [1.165, 1.54) is 5.69 Å². The summed E-state index contributed by atoms with van der Waals surface area (Å²) < 4.78 is 13.8. The fourth-order valence-electron chi connectivity index (χ4n) is 2.72. The summed E-state index contributed by atoms with van der Waals surface area (Å²) in [6.45, 7) is 10.2. The van der Waals surface area contributed by atoms with Crippen LogP contribution in [0.3, 0.4) is 0 Å². The van der Waals surface area contributed by atoms with Crippen molar-refractivity contribution in [2.75, 3.05) is 6.61 Å². The molecule has 0 aliphatic carbocycles. The van der Waals surface area contributed by atoms with E-state index in [4.69, 9.17) is 14.1 Å². The second-order valence-electron chi connectivity index (χ2n) is 6.41. The third-order valence-corrected chi connectivity index (χ3v) is 5.26. The highest BCUT2D eigenvalue weighted by Gasteiger charge is 2.20. The van der Waals surface area contributed by atoms with E-state index in [1.807, 2.05) is 6.20 Å². The normalized spacial score (nSPS) is 18.2. The topological polar surface area (TPSA) is 53.1 Å². The first kappa shape index (κ1) is 16.6. The van der Waals surface area contributed by atoms with Gasteiger partial charge in [0, 0.05) is 18.2 Å². The maximum Gasteiger partial charge on any atom is 0.204 e. The van der Waals surface area contributed by atoms with Gasteiger partial charge in [-0.25, -0.2) is 9.97 Å². The largest absolute Gasteiger partial charge is 0.445 e. The minimum absolute atomic E-state index is 0.316. The molecule has 1 fully saturated rings. The molecule has 0 N–H and O–H groups in total. The van der Waals surface area contributed by atoms with E-state index >= 15 is 0 Å². The molecule has 0 spiro atoms. The van der Waals surface area contributed by atoms with Crippen molar-refractivity contribution in [3.63, 3.8) is 0 Å². The molecule has 126 valence electrons. The van der Waals surface area contributed by atoms with E-state index in [0.29, 0.717) is 17.8 Å². The van der Waals surface area contributed by atoms with Crippen molar-refractivity contribution in [1.82, 2.24) is 14.5 Å². The van der Waals surface area contributed by atoms with Crippen LogP contribution in [0.15, 0.2) is 15.8 Å². The average molecular weight is 335 g/mol. The number of rotatable bonds is 6. The maximum atomic E-state index is 5.78. The van der Waals surface area contributed by atoms with Crippen molar-refractivity contribution < 1.29 is 9.15 Å². The molecule has 2 aromatic heterocycles. The molecular formula is C17H25N3O2S. The molecule has 2 aromatic rings. The molecule has 23 heavy (non-hydrogen) atoms. The zero-order valence-corrected chi connectivity index (χ0v) is 15.2. The highest BCUT2D eigenvalue weighted by Crippen LogP contribution is 2.27. The molecule has 6 heteroatoms. The molecule has 0 amide bonds. The van der Waals surface area contributed by atoms with Gasteiger partial charge in [0.2, 0.25) is 5.89 Å². The number of nitrogens with zero attached hydrogens (tertiary/aromatic N) is 3. The Morgan fingerprint density at radius 2 is 2.22 bits per heavy atom. The van der Waals surface area contributed by atoms with E-state index in [-0.39, 0.29) is 0 Å². The van der Waals surface area contributed by atoms with Crippen molar-refractivity contribution >= 4 is 11.8 Å². The van der Waals surface area contributed by atoms with Gasteiger partial charge in [-0.15, -0.1) is 0 Å². The number of imidazole rings is 1. The fraction of sp³-hybridized carbons (Fsp3) is 0.647. The predicted molar refractivity (Wildman–Crippen MR) is 90.8 cm³/mol. The molecule has 0 saturated carbocycles. The second kappa shape index (κ2) is 7.09. The molecule has 3 heterocycles. The minimum Gasteiger partial charge on any atom is -0.445 e. The number of hydrogen-bond acceptors (Lipinski definition) is 5. The standard InChI is InChI=1S/C17H25N3O2S/c1-11(2)15-8-18-16(22-15)10-23-17-19-12(3)13(4)20(17)9-14-6-5-7-21-14/h8,11,14H,5-7,9-10H2,1-4H3/t14-/m1/s1. The van der Waals surface area contributed by atoms with Crippen LogP contribution in [-0.2, 0) is 17.0 Å². The van der Waals surface area contributed by atoms with Gasteiger partial charge in [0.05, 0.1) is 30.3 Å². The van der Waals surface area contributed by atoms with Crippen LogP contribution in [-0.4, -0.2) is 27.2 Å². The first-order valence-electron chi connectivity index (χ1n) is 8.27. The van der Waals surface area contributed by atoms with E-state index in [2.05, 4.69) is 37.2 Å². The smallest absolute Gasteiger partial charge is 0.204 e. The molecule has 1 aliphatic heterocycles. The SMILES string of the molecule is Cc1nc(SCc2ncc(C(C)C)o2)n(C[C@H]2CCCO2)c1C. The van der Waals surface area contributed by atoms with Gasteiger partial charge >= 0.3 is 0 Å². The van der Waals surface area contributed by atoms with Crippen LogP contribution in [0.2, 0.25) is 0 Å². The van der Waals surface area contributed by atoms with E-state index in [1.54, 1.807) is 11.8 Å². The number of thioether (sulfide) groups is 1. The van der Waals surface area contributed by atoms with Gasteiger partial charge in [-0.1, -0.05) is 25.6 Å². The van der Waals surface area contributed by atoms with Crippen molar-refractivity contribution in [1.29, 1.82) is 0 Å². The molecule has 1 saturated heterocycles. The summed E-state index contributed by atoms with van der Waals surface area (Å²) in [7, 11) is 0. The number of hydrogen-bond donors (Lipinski definition) is 0. The summed E-state index contributed by atoms with van der Waals surface area (Å²) in [6.07, 6.45) is 4.44. The summed E-state index contributed by atoms with van der Waals surface area (Å²) in [5, 5.41) is 1.03. The van der Waals surface area contributed by atoms with Gasteiger partial charge in [0.25, 0.3) is 0 Å². The third-order valence-electron chi connectivity index (χ3n) is 4.30. The van der Waals surface area contributed by atoms with Crippen molar-refractivity contribution in [3.8, 4) is 0 Å². The summed E-state index contributed by atoms with van der Waals surface area (Å²) in [5.41, 5.74) is 2.30. The summed E-state index contributed by atoms with van der Waals surface area (Å²) in [5.74, 6) is 2.78. The number of aromatic nitrogens is 3. The highest BCUT2D eigenvalue weighted by atomic mass is 32.2. The van der Waals surface area contributed by atoms with Crippen molar-refractivity contribution in [2.45, 2.75) is 70.0 Å². The van der Waals surface area contributed by atoms with Crippen LogP contribution < -0.4 is 0 Å². The van der Waals surface area contributed by atoms with E-state index in [9.17, 15) is 0 Å². The lowest BCUT2D eigenvalue weighted by Crippen LogP contribution is -2.16. The van der Waals surface area contributed by atoms with Gasteiger partial charge in [0.1, 0.15) is 5.76 Å². The number of oxazole rings is 1. The Kier molecular flexibility index (Phi) is 5.11. The molecule has 0 bridgehead atoms. The van der Waals surface area contributed by atoms with E-state index < -0.39 is 0 Å². The zero-order valence-electron chi connectivity index (χ0n) is 14.3. The van der Waals surface area contributed by atoms with Gasteiger partial charge in [0.15, 0.2) is 5.16 Å². The molecule has 5 nitrogen and oxygen atoms in total. The Balaban J connectivity index is 1.69. The first-order valence-corrected chi connectivity index (χ1v) is 9.26. The lowest BCUT2D eigenvalue weighted by atomic mass is 10.2. The number of ether oxygens (including phenoxy) is 1. The lowest BCUT2D eigenvalue weighted by molar-refractivity contribution is 0.0945. The molecule has 1 aliphatic rings. The molecule has 0 aromatic carbocycles. The van der Waals surface area contributed by atoms with Gasteiger partial charge in [-0.2, -0.15) is 0 Å². The first-order chi connectivity index (χ1) is 11.0. The van der Waals surface area contributed by atoms with Crippen LogP contribution >= 0.6 is 11.8 Å². The molecule has 0 radical (unpaired) electrons. The monoisotopic (exact) mass is 335 g/mol. The molecule has 3 rings (SSSR count). The van der Waals surface area contributed by atoms with Crippen LogP contribution in [0.1, 0.15) is 55.6 Å². The highest BCUT2D eigenvalue weighted by molar-refractivity contribution is 7.98.